The highest BCUT2D eigenvalue weighted by molar-refractivity contribution is 5.85. The molecule has 2 nitrogen and oxygen atoms in total. The second kappa shape index (κ2) is 6.79. The highest BCUT2D eigenvalue weighted by atomic mass is 35.5. The van der Waals surface area contributed by atoms with E-state index in [9.17, 15) is 0 Å². The van der Waals surface area contributed by atoms with Crippen LogP contribution in [0.2, 0.25) is 0 Å². The quantitative estimate of drug-likeness (QED) is 0.597. The van der Waals surface area contributed by atoms with Crippen molar-refractivity contribution in [1.82, 2.24) is 4.90 Å². The Morgan fingerprint density at radius 1 is 1.50 bits per heavy atom. The van der Waals surface area contributed by atoms with Gasteiger partial charge < -0.3 is 10.6 Å². The summed E-state index contributed by atoms with van der Waals surface area (Å²) in [4.78, 5) is 1.95. The van der Waals surface area contributed by atoms with Crippen molar-refractivity contribution in [2.45, 2.75) is 0 Å². The third kappa shape index (κ3) is 9.25. The third-order valence-electron chi connectivity index (χ3n) is 0.540. The zero-order valence-electron chi connectivity index (χ0n) is 5.29. The summed E-state index contributed by atoms with van der Waals surface area (Å²) in [7, 11) is 3.93. The van der Waals surface area contributed by atoms with E-state index in [0.29, 0.717) is 6.54 Å². The maximum Gasteiger partial charge on any atom is 0.0124 e. The fraction of sp³-hybridized carbons (Fsp3) is 0.600. The number of nitrogens with zero attached hydrogens (tertiary/aromatic N) is 1. The lowest BCUT2D eigenvalue weighted by atomic mass is 10.6. The lowest BCUT2D eigenvalue weighted by Gasteiger charge is -2.00. The molecule has 0 aromatic rings. The second-order valence-corrected chi connectivity index (χ2v) is 1.58. The van der Waals surface area contributed by atoms with E-state index < -0.39 is 0 Å². The molecule has 0 saturated carbocycles. The van der Waals surface area contributed by atoms with Crippen LogP contribution < -0.4 is 5.73 Å². The molecular weight excluding hydrogens is 124 g/mol. The molecule has 0 rings (SSSR count). The van der Waals surface area contributed by atoms with Gasteiger partial charge in [0.1, 0.15) is 0 Å². The summed E-state index contributed by atoms with van der Waals surface area (Å²) >= 11 is 0. The van der Waals surface area contributed by atoms with Gasteiger partial charge in [-0.15, -0.1) is 12.4 Å². The molecule has 0 spiro atoms. The molecule has 50 valence electrons. The van der Waals surface area contributed by atoms with E-state index in [0.717, 1.165) is 0 Å². The van der Waals surface area contributed by atoms with Gasteiger partial charge in [0.15, 0.2) is 0 Å². The Bertz CT molecular complexity index is 61.4. The first kappa shape index (κ1) is 10.7. The van der Waals surface area contributed by atoms with Crippen LogP contribution in [0.5, 0.6) is 0 Å². The van der Waals surface area contributed by atoms with Gasteiger partial charge in [-0.2, -0.15) is 0 Å². The van der Waals surface area contributed by atoms with E-state index in [1.54, 1.807) is 0 Å². The van der Waals surface area contributed by atoms with Crippen LogP contribution >= 0.6 is 12.4 Å². The molecular formula is C5H13ClN2. The van der Waals surface area contributed by atoms with Crippen molar-refractivity contribution < 1.29 is 0 Å². The van der Waals surface area contributed by atoms with Gasteiger partial charge >= 0.3 is 0 Å². The van der Waals surface area contributed by atoms with Crippen molar-refractivity contribution in [1.29, 1.82) is 0 Å². The largest absolute Gasteiger partial charge is 0.384 e. The first-order chi connectivity index (χ1) is 3.27. The Morgan fingerprint density at radius 3 is 2.12 bits per heavy atom. The highest BCUT2D eigenvalue weighted by Gasteiger charge is 1.69. The predicted octanol–water partition coefficient (Wildman–Crippen LogP) is 0.442. The molecule has 0 fully saturated rings. The van der Waals surface area contributed by atoms with E-state index >= 15 is 0 Å². The van der Waals surface area contributed by atoms with Crippen LogP contribution in [0.25, 0.3) is 0 Å². The molecule has 0 aliphatic carbocycles. The number of halogens is 1. The summed E-state index contributed by atoms with van der Waals surface area (Å²) < 4.78 is 0. The number of nitrogens with two attached hydrogens (primary N) is 1. The Hall–Kier alpha value is -0.210. The van der Waals surface area contributed by atoms with Gasteiger partial charge in [-0.3, -0.25) is 0 Å². The van der Waals surface area contributed by atoms with Crippen molar-refractivity contribution in [2.24, 2.45) is 5.73 Å². The maximum atomic E-state index is 5.16. The molecule has 0 amide bonds. The van der Waals surface area contributed by atoms with Crippen LogP contribution in [0.4, 0.5) is 0 Å². The molecule has 8 heavy (non-hydrogen) atoms. The van der Waals surface area contributed by atoms with Gasteiger partial charge in [-0.05, 0) is 6.20 Å². The topological polar surface area (TPSA) is 29.3 Å². The standard InChI is InChI=1S/C5H12N2.ClH/c1-7(2)5-3-4-6;/h3,5H,4,6H2,1-2H3;1H. The minimum atomic E-state index is 0. The fourth-order valence-corrected chi connectivity index (χ4v) is 0.272. The monoisotopic (exact) mass is 136 g/mol. The summed E-state index contributed by atoms with van der Waals surface area (Å²) in [6, 6.07) is 0. The highest BCUT2D eigenvalue weighted by Crippen LogP contribution is 1.72. The molecule has 2 N–H and O–H groups in total. The Kier molecular flexibility index (Phi) is 9.09. The molecule has 0 heterocycles. The molecule has 0 radical (unpaired) electrons. The van der Waals surface area contributed by atoms with Gasteiger partial charge in [0.05, 0.1) is 0 Å². The van der Waals surface area contributed by atoms with Crippen LogP contribution in [-0.2, 0) is 0 Å². The molecule has 0 saturated heterocycles. The minimum Gasteiger partial charge on any atom is -0.384 e. The zero-order chi connectivity index (χ0) is 5.70. The van der Waals surface area contributed by atoms with Crippen molar-refractivity contribution >= 4 is 12.4 Å². The molecule has 0 atom stereocenters. The van der Waals surface area contributed by atoms with E-state index in [4.69, 9.17) is 5.73 Å². The second-order valence-electron chi connectivity index (χ2n) is 1.58. The lowest BCUT2D eigenvalue weighted by molar-refractivity contribution is 0.562. The maximum absolute atomic E-state index is 5.16. The van der Waals surface area contributed by atoms with Gasteiger partial charge in [0.2, 0.25) is 0 Å². The molecule has 3 heteroatoms. The molecule has 0 unspecified atom stereocenters. The SMILES string of the molecule is CN(C)C=CCN.Cl. The van der Waals surface area contributed by atoms with Crippen LogP contribution in [0.1, 0.15) is 0 Å². The van der Waals surface area contributed by atoms with E-state index in [2.05, 4.69) is 0 Å². The Balaban J connectivity index is 0. The number of rotatable bonds is 2. The summed E-state index contributed by atoms with van der Waals surface area (Å²) in [6.07, 6.45) is 3.83. The third-order valence-corrected chi connectivity index (χ3v) is 0.540. The molecule has 0 bridgehead atoms. The first-order valence-corrected chi connectivity index (χ1v) is 2.30. The van der Waals surface area contributed by atoms with Gasteiger partial charge in [0, 0.05) is 20.6 Å². The summed E-state index contributed by atoms with van der Waals surface area (Å²) in [5, 5.41) is 0. The van der Waals surface area contributed by atoms with Crippen LogP contribution in [0, 0.1) is 0 Å². The van der Waals surface area contributed by atoms with Crippen molar-refractivity contribution in [2.75, 3.05) is 20.6 Å². The average Bonchev–Trinajstić information content (AvgIpc) is 1.61. The first-order valence-electron chi connectivity index (χ1n) is 2.30. The molecule has 0 aliphatic heterocycles. The van der Waals surface area contributed by atoms with E-state index in [1.165, 1.54) is 0 Å². The smallest absolute Gasteiger partial charge is 0.0124 e. The van der Waals surface area contributed by atoms with Crippen molar-refractivity contribution in [3.05, 3.63) is 12.3 Å². The summed E-state index contributed by atoms with van der Waals surface area (Å²) in [5.74, 6) is 0. The van der Waals surface area contributed by atoms with Gasteiger partial charge in [0.25, 0.3) is 0 Å². The van der Waals surface area contributed by atoms with Crippen LogP contribution in [-0.4, -0.2) is 25.5 Å². The summed E-state index contributed by atoms with van der Waals surface area (Å²) in [5.41, 5.74) is 5.16. The Labute approximate surface area is 56.8 Å². The van der Waals surface area contributed by atoms with Crippen LogP contribution in [0.15, 0.2) is 12.3 Å². The number of hydrogen-bond donors (Lipinski definition) is 1. The van der Waals surface area contributed by atoms with Crippen molar-refractivity contribution in [3.63, 3.8) is 0 Å². The molecule has 0 aromatic carbocycles. The average molecular weight is 137 g/mol. The predicted molar refractivity (Wildman–Crippen MR) is 39.1 cm³/mol. The van der Waals surface area contributed by atoms with E-state index in [1.807, 2.05) is 31.3 Å². The van der Waals surface area contributed by atoms with E-state index in [-0.39, 0.29) is 12.4 Å². The summed E-state index contributed by atoms with van der Waals surface area (Å²) in [6.45, 7) is 0.623. The van der Waals surface area contributed by atoms with Crippen LogP contribution in [0.3, 0.4) is 0 Å². The van der Waals surface area contributed by atoms with Crippen molar-refractivity contribution in [3.8, 4) is 0 Å². The van der Waals surface area contributed by atoms with Gasteiger partial charge in [-0.25, -0.2) is 0 Å². The Morgan fingerprint density at radius 2 is 2.00 bits per heavy atom. The lowest BCUT2D eigenvalue weighted by Crippen LogP contribution is -2.02. The normalized spacial score (nSPS) is 8.88. The number of hydrogen-bond acceptors (Lipinski definition) is 2. The fourth-order valence-electron chi connectivity index (χ4n) is 0.272. The van der Waals surface area contributed by atoms with Gasteiger partial charge in [-0.1, -0.05) is 6.08 Å². The minimum absolute atomic E-state index is 0. The molecule has 0 aromatic heterocycles. The molecule has 0 aliphatic rings. The zero-order valence-corrected chi connectivity index (χ0v) is 6.11.